The molecule has 4 heteroatoms. The Kier molecular flexibility index (Phi) is 6.18. The van der Waals surface area contributed by atoms with Crippen LogP contribution < -0.4 is 9.47 Å². The largest absolute Gasteiger partial charge is 0.492 e. The van der Waals surface area contributed by atoms with Gasteiger partial charge in [-0.05, 0) is 25.0 Å². The number of hydrogen-bond acceptors (Lipinski definition) is 4. The van der Waals surface area contributed by atoms with E-state index in [-0.39, 0.29) is 0 Å². The third-order valence-electron chi connectivity index (χ3n) is 5.88. The van der Waals surface area contributed by atoms with Gasteiger partial charge in [0.2, 0.25) is 0 Å². The van der Waals surface area contributed by atoms with Gasteiger partial charge in [-0.15, -0.1) is 0 Å². The van der Waals surface area contributed by atoms with E-state index in [0.717, 1.165) is 48.7 Å². The highest BCUT2D eigenvalue weighted by Crippen LogP contribution is 2.37. The number of ether oxygens (including phenoxy) is 4. The van der Waals surface area contributed by atoms with Crippen molar-refractivity contribution in [2.75, 3.05) is 26.4 Å². The molecule has 0 spiro atoms. The molecule has 4 rings (SSSR count). The summed E-state index contributed by atoms with van der Waals surface area (Å²) in [7, 11) is 0. The van der Waals surface area contributed by atoms with Crippen LogP contribution in [0.15, 0.2) is 48.5 Å². The monoisotopic (exact) mass is 382 g/mol. The SMILES string of the molecule is CCC1OCC1COc1ccccc1-c1ccccc1OCC1COC1CC. The van der Waals surface area contributed by atoms with Gasteiger partial charge in [0.15, 0.2) is 0 Å². The van der Waals surface area contributed by atoms with Crippen LogP contribution in [-0.2, 0) is 9.47 Å². The van der Waals surface area contributed by atoms with Crippen molar-refractivity contribution in [2.24, 2.45) is 11.8 Å². The normalized spacial score (nSPS) is 26.2. The Labute approximate surface area is 167 Å². The Balaban J connectivity index is 1.48. The van der Waals surface area contributed by atoms with Gasteiger partial charge in [-0.2, -0.15) is 0 Å². The van der Waals surface area contributed by atoms with E-state index < -0.39 is 0 Å². The summed E-state index contributed by atoms with van der Waals surface area (Å²) in [6.45, 7) is 7.29. The molecule has 2 heterocycles. The minimum Gasteiger partial charge on any atom is -0.492 e. The van der Waals surface area contributed by atoms with Crippen LogP contribution in [0.4, 0.5) is 0 Å². The van der Waals surface area contributed by atoms with Gasteiger partial charge in [-0.1, -0.05) is 50.2 Å². The highest BCUT2D eigenvalue weighted by atomic mass is 16.5. The number of hydrogen-bond donors (Lipinski definition) is 0. The van der Waals surface area contributed by atoms with Crippen LogP contribution in [0.25, 0.3) is 11.1 Å². The van der Waals surface area contributed by atoms with Crippen LogP contribution >= 0.6 is 0 Å². The Bertz CT molecular complexity index is 705. The fourth-order valence-electron chi connectivity index (χ4n) is 3.97. The van der Waals surface area contributed by atoms with Crippen molar-refractivity contribution in [2.45, 2.75) is 38.9 Å². The second kappa shape index (κ2) is 8.97. The first-order chi connectivity index (χ1) is 13.8. The number of para-hydroxylation sites is 2. The zero-order valence-electron chi connectivity index (χ0n) is 16.8. The molecule has 2 aromatic rings. The lowest BCUT2D eigenvalue weighted by Crippen LogP contribution is -2.42. The average molecular weight is 383 g/mol. The van der Waals surface area contributed by atoms with Gasteiger partial charge in [0.25, 0.3) is 0 Å². The van der Waals surface area contributed by atoms with Crippen LogP contribution in [0.1, 0.15) is 26.7 Å². The first-order valence-electron chi connectivity index (χ1n) is 10.5. The summed E-state index contributed by atoms with van der Waals surface area (Å²) in [6.07, 6.45) is 2.74. The maximum absolute atomic E-state index is 6.22. The standard InChI is InChI=1S/C24H30O4/c1-3-21-17(13-25-21)15-27-23-11-7-5-9-19(23)20-10-6-8-12-24(20)28-16-18-14-26-22(18)4-2/h5-12,17-18,21-22H,3-4,13-16H2,1-2H3. The van der Waals surface area contributed by atoms with Gasteiger partial charge in [0, 0.05) is 23.0 Å². The second-order valence-electron chi connectivity index (χ2n) is 7.69. The molecular formula is C24H30O4. The van der Waals surface area contributed by atoms with E-state index in [2.05, 4.69) is 26.0 Å². The number of benzene rings is 2. The zero-order chi connectivity index (χ0) is 19.3. The van der Waals surface area contributed by atoms with E-state index >= 15 is 0 Å². The predicted octanol–water partition coefficient (Wildman–Crippen LogP) is 4.96. The van der Waals surface area contributed by atoms with Crippen molar-refractivity contribution in [3.8, 4) is 22.6 Å². The number of rotatable bonds is 9. The molecule has 4 unspecified atom stereocenters. The maximum atomic E-state index is 6.22. The molecule has 0 aromatic heterocycles. The lowest BCUT2D eigenvalue weighted by Gasteiger charge is -2.36. The first-order valence-corrected chi connectivity index (χ1v) is 10.5. The van der Waals surface area contributed by atoms with Gasteiger partial charge in [-0.25, -0.2) is 0 Å². The molecule has 150 valence electrons. The zero-order valence-corrected chi connectivity index (χ0v) is 16.8. The van der Waals surface area contributed by atoms with E-state index in [4.69, 9.17) is 18.9 Å². The molecule has 0 aliphatic carbocycles. The van der Waals surface area contributed by atoms with Gasteiger partial charge in [0.05, 0.1) is 38.6 Å². The maximum Gasteiger partial charge on any atom is 0.127 e. The second-order valence-corrected chi connectivity index (χ2v) is 7.69. The minimum atomic E-state index is 0.332. The highest BCUT2D eigenvalue weighted by Gasteiger charge is 2.32. The lowest BCUT2D eigenvalue weighted by molar-refractivity contribution is -0.128. The summed E-state index contributed by atoms with van der Waals surface area (Å²) in [4.78, 5) is 0. The lowest BCUT2D eigenvalue weighted by atomic mass is 9.96. The summed E-state index contributed by atoms with van der Waals surface area (Å²) in [6, 6.07) is 16.4. The van der Waals surface area contributed by atoms with E-state index in [1.807, 2.05) is 36.4 Å². The van der Waals surface area contributed by atoms with E-state index in [9.17, 15) is 0 Å². The Morgan fingerprint density at radius 2 is 1.14 bits per heavy atom. The summed E-state index contributed by atoms with van der Waals surface area (Å²) in [5, 5.41) is 0. The molecule has 0 saturated carbocycles. The Morgan fingerprint density at radius 3 is 1.50 bits per heavy atom. The van der Waals surface area contributed by atoms with Crippen molar-refractivity contribution in [3.63, 3.8) is 0 Å². The van der Waals surface area contributed by atoms with Crippen LogP contribution in [0, 0.1) is 11.8 Å². The molecular weight excluding hydrogens is 352 g/mol. The van der Waals surface area contributed by atoms with Gasteiger partial charge < -0.3 is 18.9 Å². The highest BCUT2D eigenvalue weighted by molar-refractivity contribution is 5.75. The fraction of sp³-hybridized carbons (Fsp3) is 0.500. The summed E-state index contributed by atoms with van der Waals surface area (Å²) in [5.41, 5.74) is 2.14. The van der Waals surface area contributed by atoms with Crippen LogP contribution in [0.3, 0.4) is 0 Å². The smallest absolute Gasteiger partial charge is 0.127 e. The van der Waals surface area contributed by atoms with Crippen molar-refractivity contribution in [3.05, 3.63) is 48.5 Å². The molecule has 4 nitrogen and oxygen atoms in total. The molecule has 0 amide bonds. The summed E-state index contributed by atoms with van der Waals surface area (Å²) in [5.74, 6) is 2.76. The topological polar surface area (TPSA) is 36.9 Å². The molecule has 2 aliphatic rings. The average Bonchev–Trinajstić information content (AvgIpc) is 2.68. The van der Waals surface area contributed by atoms with Crippen LogP contribution in [0.5, 0.6) is 11.5 Å². The van der Waals surface area contributed by atoms with Gasteiger partial charge >= 0.3 is 0 Å². The summed E-state index contributed by atoms with van der Waals surface area (Å²) < 4.78 is 23.6. The van der Waals surface area contributed by atoms with Crippen molar-refractivity contribution < 1.29 is 18.9 Å². The molecule has 2 saturated heterocycles. The fourth-order valence-corrected chi connectivity index (χ4v) is 3.97. The first kappa shape index (κ1) is 19.3. The molecule has 0 radical (unpaired) electrons. The summed E-state index contributed by atoms with van der Waals surface area (Å²) >= 11 is 0. The Morgan fingerprint density at radius 1 is 0.714 bits per heavy atom. The molecule has 2 fully saturated rings. The molecule has 2 aliphatic heterocycles. The minimum absolute atomic E-state index is 0.332. The van der Waals surface area contributed by atoms with Gasteiger partial charge in [-0.3, -0.25) is 0 Å². The van der Waals surface area contributed by atoms with Gasteiger partial charge in [0.1, 0.15) is 11.5 Å². The third kappa shape index (κ3) is 4.03. The van der Waals surface area contributed by atoms with E-state index in [1.165, 1.54) is 0 Å². The van der Waals surface area contributed by atoms with Crippen molar-refractivity contribution in [1.82, 2.24) is 0 Å². The predicted molar refractivity (Wildman–Crippen MR) is 110 cm³/mol. The van der Waals surface area contributed by atoms with Crippen LogP contribution in [0.2, 0.25) is 0 Å². The van der Waals surface area contributed by atoms with Crippen molar-refractivity contribution in [1.29, 1.82) is 0 Å². The van der Waals surface area contributed by atoms with Crippen LogP contribution in [-0.4, -0.2) is 38.6 Å². The quantitative estimate of drug-likeness (QED) is 0.614. The molecule has 0 bridgehead atoms. The van der Waals surface area contributed by atoms with E-state index in [0.29, 0.717) is 37.3 Å². The van der Waals surface area contributed by atoms with Crippen molar-refractivity contribution >= 4 is 0 Å². The molecule has 0 N–H and O–H groups in total. The third-order valence-corrected chi connectivity index (χ3v) is 5.88. The molecule has 4 atom stereocenters. The van der Waals surface area contributed by atoms with E-state index in [1.54, 1.807) is 0 Å². The Hall–Kier alpha value is -2.04. The molecule has 28 heavy (non-hydrogen) atoms. The molecule has 2 aromatic carbocycles.